The number of hydrogen-bond donors (Lipinski definition) is 4. The molecule has 0 radical (unpaired) electrons. The lowest BCUT2D eigenvalue weighted by Crippen LogP contribution is -2.53. The number of aromatic amines is 1. The molecule has 0 saturated heterocycles. The van der Waals surface area contributed by atoms with Crippen molar-refractivity contribution in [2.75, 3.05) is 12.4 Å². The molecule has 178 valence electrons. The van der Waals surface area contributed by atoms with Gasteiger partial charge in [0.1, 0.15) is 11.8 Å². The Morgan fingerprint density at radius 2 is 1.83 bits per heavy atom. The fraction of sp³-hybridized carbons (Fsp3) is 0.214. The Labute approximate surface area is 203 Å². The smallest absolute Gasteiger partial charge is 0.247 e. The molecule has 0 saturated carbocycles. The van der Waals surface area contributed by atoms with E-state index in [1.54, 1.807) is 19.2 Å². The Bertz CT molecular complexity index is 1360. The summed E-state index contributed by atoms with van der Waals surface area (Å²) in [6, 6.07) is 22.1. The molecular weight excluding hydrogens is 440 g/mol. The molecule has 1 aliphatic heterocycles. The van der Waals surface area contributed by atoms with E-state index in [2.05, 4.69) is 33.1 Å². The maximum Gasteiger partial charge on any atom is 0.247 e. The largest absolute Gasteiger partial charge is 0.497 e. The minimum atomic E-state index is -0.758. The van der Waals surface area contributed by atoms with Crippen molar-refractivity contribution in [3.05, 3.63) is 95.7 Å². The first-order valence-corrected chi connectivity index (χ1v) is 11.7. The third-order valence-corrected chi connectivity index (χ3v) is 6.47. The second-order valence-corrected chi connectivity index (χ2v) is 8.75. The van der Waals surface area contributed by atoms with Gasteiger partial charge in [-0.2, -0.15) is 0 Å². The number of para-hydroxylation sites is 1. The second kappa shape index (κ2) is 10.0. The van der Waals surface area contributed by atoms with Crippen molar-refractivity contribution < 1.29 is 14.3 Å². The number of hydrogen-bond acceptors (Lipinski definition) is 4. The monoisotopic (exact) mass is 468 g/mol. The van der Waals surface area contributed by atoms with E-state index in [9.17, 15) is 9.59 Å². The molecule has 0 fully saturated rings. The summed E-state index contributed by atoms with van der Waals surface area (Å²) in [6.45, 7) is 0.622. The lowest BCUT2D eigenvalue weighted by atomic mass is 9.95. The minimum Gasteiger partial charge on any atom is -0.497 e. The van der Waals surface area contributed by atoms with E-state index in [0.717, 1.165) is 22.0 Å². The van der Waals surface area contributed by atoms with Gasteiger partial charge in [-0.3, -0.25) is 9.59 Å². The molecule has 35 heavy (non-hydrogen) atoms. The number of rotatable bonds is 7. The van der Waals surface area contributed by atoms with Crippen LogP contribution < -0.4 is 20.7 Å². The number of amides is 2. The van der Waals surface area contributed by atoms with Gasteiger partial charge in [0.05, 0.1) is 13.2 Å². The van der Waals surface area contributed by atoms with Gasteiger partial charge < -0.3 is 25.7 Å². The van der Waals surface area contributed by atoms with E-state index < -0.39 is 12.1 Å². The van der Waals surface area contributed by atoms with Gasteiger partial charge in [-0.25, -0.2) is 0 Å². The average molecular weight is 469 g/mol. The first-order valence-electron chi connectivity index (χ1n) is 11.7. The van der Waals surface area contributed by atoms with Crippen LogP contribution in [0.1, 0.15) is 16.7 Å². The van der Waals surface area contributed by atoms with Crippen molar-refractivity contribution in [2.24, 2.45) is 0 Å². The predicted octanol–water partition coefficient (Wildman–Crippen LogP) is 3.56. The standard InChI is InChI=1S/C28H28N4O3/c1-35-22-10-6-9-21(15-22)31-28(34)26(14-20-17-29-24-12-5-4-11-23(20)24)32-27(33)25-13-18-7-2-3-8-19(18)16-30-25/h2-12,15,17,25-26,29-30H,13-14,16H2,1H3,(H,31,34)(H,32,33)/t25-,26+/m0/s1. The highest BCUT2D eigenvalue weighted by Crippen LogP contribution is 2.22. The molecule has 5 rings (SSSR count). The Kier molecular flexibility index (Phi) is 6.50. The van der Waals surface area contributed by atoms with Crippen molar-refractivity contribution in [2.45, 2.75) is 31.5 Å². The number of H-pyrrole nitrogens is 1. The summed E-state index contributed by atoms with van der Waals surface area (Å²) < 4.78 is 5.27. The van der Waals surface area contributed by atoms with Crippen LogP contribution in [0.3, 0.4) is 0 Å². The van der Waals surface area contributed by atoms with Gasteiger partial charge in [0.25, 0.3) is 0 Å². The number of carbonyl (C=O) groups is 2. The molecule has 0 unspecified atom stereocenters. The zero-order chi connectivity index (χ0) is 24.2. The average Bonchev–Trinajstić information content (AvgIpc) is 3.30. The van der Waals surface area contributed by atoms with Crippen molar-refractivity contribution >= 4 is 28.4 Å². The molecule has 1 aromatic heterocycles. The van der Waals surface area contributed by atoms with E-state index >= 15 is 0 Å². The summed E-state index contributed by atoms with van der Waals surface area (Å²) in [5.74, 6) is 0.170. The van der Waals surface area contributed by atoms with Crippen LogP contribution in [0.15, 0.2) is 79.0 Å². The van der Waals surface area contributed by atoms with Crippen LogP contribution in [0.5, 0.6) is 5.75 Å². The maximum atomic E-state index is 13.4. The van der Waals surface area contributed by atoms with E-state index in [1.165, 1.54) is 5.56 Å². The van der Waals surface area contributed by atoms with Crippen LogP contribution in [0, 0.1) is 0 Å². The SMILES string of the molecule is COc1cccc(NC(=O)[C@@H](Cc2c[nH]c3ccccc23)NC(=O)[C@@H]2Cc3ccccc3CN2)c1. The quantitative estimate of drug-likeness (QED) is 0.334. The van der Waals surface area contributed by atoms with Crippen molar-refractivity contribution in [3.8, 4) is 5.75 Å². The molecule has 0 bridgehead atoms. The molecule has 2 atom stereocenters. The van der Waals surface area contributed by atoms with Gasteiger partial charge >= 0.3 is 0 Å². The van der Waals surface area contributed by atoms with Crippen LogP contribution in [0.2, 0.25) is 0 Å². The molecule has 7 nitrogen and oxygen atoms in total. The van der Waals surface area contributed by atoms with Crippen molar-refractivity contribution in [1.82, 2.24) is 15.6 Å². The molecule has 2 heterocycles. The lowest BCUT2D eigenvalue weighted by molar-refractivity contribution is -0.128. The summed E-state index contributed by atoms with van der Waals surface area (Å²) >= 11 is 0. The van der Waals surface area contributed by atoms with E-state index in [-0.39, 0.29) is 11.8 Å². The summed E-state index contributed by atoms with van der Waals surface area (Å²) in [5, 5.41) is 10.3. The fourth-order valence-corrected chi connectivity index (χ4v) is 4.57. The summed E-state index contributed by atoms with van der Waals surface area (Å²) in [7, 11) is 1.58. The lowest BCUT2D eigenvalue weighted by Gasteiger charge is -2.27. The third-order valence-electron chi connectivity index (χ3n) is 6.47. The van der Waals surface area contributed by atoms with Gasteiger partial charge in [0.2, 0.25) is 11.8 Å². The molecule has 0 aliphatic carbocycles. The van der Waals surface area contributed by atoms with Gasteiger partial charge in [-0.15, -0.1) is 0 Å². The summed E-state index contributed by atoms with van der Waals surface area (Å²) in [6.07, 6.45) is 2.84. The van der Waals surface area contributed by atoms with E-state index in [4.69, 9.17) is 4.74 Å². The van der Waals surface area contributed by atoms with Crippen LogP contribution >= 0.6 is 0 Å². The van der Waals surface area contributed by atoms with Gasteiger partial charge in [0.15, 0.2) is 0 Å². The normalized spacial score (nSPS) is 15.7. The molecule has 7 heteroatoms. The number of benzene rings is 3. The highest BCUT2D eigenvalue weighted by molar-refractivity contribution is 5.98. The fourth-order valence-electron chi connectivity index (χ4n) is 4.57. The third kappa shape index (κ3) is 5.05. The van der Waals surface area contributed by atoms with Crippen molar-refractivity contribution in [3.63, 3.8) is 0 Å². The van der Waals surface area contributed by atoms with E-state index in [0.29, 0.717) is 30.8 Å². The highest BCUT2D eigenvalue weighted by atomic mass is 16.5. The molecule has 4 aromatic rings. The van der Waals surface area contributed by atoms with Crippen LogP contribution in [-0.4, -0.2) is 36.0 Å². The van der Waals surface area contributed by atoms with E-state index in [1.807, 2.05) is 54.7 Å². The van der Waals surface area contributed by atoms with Gasteiger partial charge in [-0.05, 0) is 41.3 Å². The molecular formula is C28H28N4O3. The zero-order valence-corrected chi connectivity index (χ0v) is 19.5. The van der Waals surface area contributed by atoms with Crippen LogP contribution in [0.4, 0.5) is 5.69 Å². The zero-order valence-electron chi connectivity index (χ0n) is 19.5. The van der Waals surface area contributed by atoms with Crippen LogP contribution in [0.25, 0.3) is 10.9 Å². The number of carbonyl (C=O) groups excluding carboxylic acids is 2. The number of ether oxygens (including phenoxy) is 1. The number of nitrogens with one attached hydrogen (secondary N) is 4. The molecule has 4 N–H and O–H groups in total. The molecule has 2 amide bonds. The predicted molar refractivity (Wildman–Crippen MR) is 136 cm³/mol. The number of anilines is 1. The topological polar surface area (TPSA) is 95.2 Å². The maximum absolute atomic E-state index is 13.4. The first kappa shape index (κ1) is 22.7. The number of aromatic nitrogens is 1. The van der Waals surface area contributed by atoms with Crippen molar-refractivity contribution in [1.29, 1.82) is 0 Å². The number of fused-ring (bicyclic) bond motifs is 2. The Hall–Kier alpha value is -4.10. The van der Waals surface area contributed by atoms with Crippen LogP contribution in [-0.2, 0) is 29.0 Å². The van der Waals surface area contributed by atoms with Gasteiger partial charge in [0, 0.05) is 41.8 Å². The van der Waals surface area contributed by atoms with Gasteiger partial charge in [-0.1, -0.05) is 48.5 Å². The Morgan fingerprint density at radius 3 is 2.69 bits per heavy atom. The number of methoxy groups -OCH3 is 1. The summed E-state index contributed by atoms with van der Waals surface area (Å²) in [4.78, 5) is 29.9. The molecule has 0 spiro atoms. The highest BCUT2D eigenvalue weighted by Gasteiger charge is 2.29. The summed E-state index contributed by atoms with van der Waals surface area (Å²) in [5.41, 5.74) is 4.92. The first-order chi connectivity index (χ1) is 17.1. The second-order valence-electron chi connectivity index (χ2n) is 8.75. The molecule has 3 aromatic carbocycles. The minimum absolute atomic E-state index is 0.190. The Balaban J connectivity index is 1.37. The Morgan fingerprint density at radius 1 is 1.03 bits per heavy atom. The molecule has 1 aliphatic rings.